The predicted molar refractivity (Wildman–Crippen MR) is 88.7 cm³/mol. The number of nitrogens with zero attached hydrogens (tertiary/aromatic N) is 5. The second-order valence-electron chi connectivity index (χ2n) is 6.95. The number of fused-ring (bicyclic) bond motifs is 1. The van der Waals surface area contributed by atoms with E-state index in [1.54, 1.807) is 6.07 Å². The van der Waals surface area contributed by atoms with Crippen molar-refractivity contribution in [3.05, 3.63) is 36.2 Å². The highest BCUT2D eigenvalue weighted by Gasteiger charge is 2.21. The zero-order valence-corrected chi connectivity index (χ0v) is 13.9. The standard InChI is InChI=1S/C16H20FN7/c1-16(2,3)7-6-13(15-21-23-24-22-15)20-14-11-8-10(17)4-5-12(11)18-9-19-14/h4-5,8-9,13H,6-7H2,1-3H3,(H,18,19,20)(H,21,22,23,24)/t13-/m1/s1. The van der Waals surface area contributed by atoms with Gasteiger partial charge in [-0.25, -0.2) is 14.4 Å². The van der Waals surface area contributed by atoms with Crippen molar-refractivity contribution in [1.29, 1.82) is 0 Å². The first kappa shape index (κ1) is 16.2. The molecule has 2 heterocycles. The summed E-state index contributed by atoms with van der Waals surface area (Å²) in [6, 6.07) is 4.27. The molecule has 2 aromatic heterocycles. The van der Waals surface area contributed by atoms with Gasteiger partial charge in [-0.1, -0.05) is 26.0 Å². The molecule has 7 nitrogen and oxygen atoms in total. The summed E-state index contributed by atoms with van der Waals surface area (Å²) in [4.78, 5) is 8.44. The van der Waals surface area contributed by atoms with Gasteiger partial charge in [0.05, 0.1) is 11.6 Å². The molecule has 24 heavy (non-hydrogen) atoms. The van der Waals surface area contributed by atoms with Gasteiger partial charge in [-0.05, 0) is 36.5 Å². The van der Waals surface area contributed by atoms with Crippen molar-refractivity contribution in [2.45, 2.75) is 39.7 Å². The number of H-pyrrole nitrogens is 1. The summed E-state index contributed by atoms with van der Waals surface area (Å²) in [5.74, 6) is 0.789. The number of anilines is 1. The molecule has 1 atom stereocenters. The van der Waals surface area contributed by atoms with Crippen LogP contribution in [0, 0.1) is 11.2 Å². The number of halogens is 1. The Morgan fingerprint density at radius 1 is 1.25 bits per heavy atom. The van der Waals surface area contributed by atoms with Gasteiger partial charge in [0.25, 0.3) is 0 Å². The Bertz CT molecular complexity index is 811. The number of aromatic nitrogens is 6. The maximum Gasteiger partial charge on any atom is 0.196 e. The Hall–Kier alpha value is -2.64. The van der Waals surface area contributed by atoms with Gasteiger partial charge in [-0.3, -0.25) is 0 Å². The molecule has 0 bridgehead atoms. The molecule has 0 aliphatic carbocycles. The molecule has 2 N–H and O–H groups in total. The molecule has 3 rings (SSSR count). The van der Waals surface area contributed by atoms with E-state index in [1.807, 2.05) is 0 Å². The molecule has 0 unspecified atom stereocenters. The Morgan fingerprint density at radius 3 is 2.79 bits per heavy atom. The quantitative estimate of drug-likeness (QED) is 0.746. The van der Waals surface area contributed by atoms with Crippen LogP contribution in [0.5, 0.6) is 0 Å². The van der Waals surface area contributed by atoms with E-state index in [9.17, 15) is 4.39 Å². The third kappa shape index (κ3) is 3.81. The average molecular weight is 329 g/mol. The van der Waals surface area contributed by atoms with E-state index < -0.39 is 0 Å². The van der Waals surface area contributed by atoms with Crippen molar-refractivity contribution >= 4 is 16.7 Å². The summed E-state index contributed by atoms with van der Waals surface area (Å²) in [7, 11) is 0. The van der Waals surface area contributed by atoms with Gasteiger partial charge in [0.1, 0.15) is 18.0 Å². The number of nitrogens with one attached hydrogen (secondary N) is 2. The molecule has 126 valence electrons. The van der Waals surface area contributed by atoms with Gasteiger partial charge >= 0.3 is 0 Å². The maximum atomic E-state index is 13.6. The number of aromatic amines is 1. The van der Waals surface area contributed by atoms with Crippen molar-refractivity contribution in [3.63, 3.8) is 0 Å². The highest BCUT2D eigenvalue weighted by Crippen LogP contribution is 2.30. The third-order valence-electron chi connectivity index (χ3n) is 3.76. The molecule has 0 saturated carbocycles. The Morgan fingerprint density at radius 2 is 2.08 bits per heavy atom. The molecule has 0 aliphatic heterocycles. The molecule has 0 spiro atoms. The van der Waals surface area contributed by atoms with Crippen LogP contribution in [0.25, 0.3) is 10.9 Å². The Balaban J connectivity index is 1.91. The zero-order chi connectivity index (χ0) is 17.2. The normalized spacial score (nSPS) is 13.2. The van der Waals surface area contributed by atoms with E-state index in [-0.39, 0.29) is 17.3 Å². The van der Waals surface area contributed by atoms with Crippen molar-refractivity contribution in [2.24, 2.45) is 5.41 Å². The highest BCUT2D eigenvalue weighted by atomic mass is 19.1. The van der Waals surface area contributed by atoms with Crippen molar-refractivity contribution in [1.82, 2.24) is 30.6 Å². The van der Waals surface area contributed by atoms with Gasteiger partial charge < -0.3 is 5.32 Å². The lowest BCUT2D eigenvalue weighted by atomic mass is 9.88. The zero-order valence-electron chi connectivity index (χ0n) is 13.9. The lowest BCUT2D eigenvalue weighted by molar-refractivity contribution is 0.352. The second-order valence-corrected chi connectivity index (χ2v) is 6.95. The van der Waals surface area contributed by atoms with Crippen molar-refractivity contribution < 1.29 is 4.39 Å². The molecule has 1 aromatic carbocycles. The number of rotatable bonds is 5. The van der Waals surface area contributed by atoms with E-state index in [2.05, 4.69) is 56.7 Å². The Labute approximate surface area is 139 Å². The summed E-state index contributed by atoms with van der Waals surface area (Å²) in [5.41, 5.74) is 0.848. The first-order valence-corrected chi connectivity index (χ1v) is 7.82. The summed E-state index contributed by atoms with van der Waals surface area (Å²) >= 11 is 0. The van der Waals surface area contributed by atoms with E-state index >= 15 is 0 Å². The average Bonchev–Trinajstić information content (AvgIpc) is 3.05. The van der Waals surface area contributed by atoms with Crippen molar-refractivity contribution in [2.75, 3.05) is 5.32 Å². The van der Waals surface area contributed by atoms with Gasteiger partial charge in [-0.2, -0.15) is 5.21 Å². The van der Waals surface area contributed by atoms with E-state index in [0.717, 1.165) is 12.8 Å². The van der Waals surface area contributed by atoms with Crippen LogP contribution in [-0.2, 0) is 0 Å². The number of hydrogen-bond acceptors (Lipinski definition) is 6. The van der Waals surface area contributed by atoms with Crippen LogP contribution in [0.3, 0.4) is 0 Å². The van der Waals surface area contributed by atoms with Crippen LogP contribution in [0.2, 0.25) is 0 Å². The fourth-order valence-corrected chi connectivity index (χ4v) is 2.47. The minimum absolute atomic E-state index is 0.170. The molecule has 0 amide bonds. The number of tetrazole rings is 1. The summed E-state index contributed by atoms with van der Waals surface area (Å²) in [5, 5.41) is 18.2. The first-order valence-electron chi connectivity index (χ1n) is 7.82. The Kier molecular flexibility index (Phi) is 4.37. The van der Waals surface area contributed by atoms with Gasteiger partial charge in [0, 0.05) is 5.39 Å². The van der Waals surface area contributed by atoms with Crippen molar-refractivity contribution in [3.8, 4) is 0 Å². The molecule has 3 aromatic rings. The monoisotopic (exact) mass is 329 g/mol. The summed E-state index contributed by atoms with van der Waals surface area (Å²) in [6.45, 7) is 6.53. The molecular weight excluding hydrogens is 309 g/mol. The molecule has 8 heteroatoms. The van der Waals surface area contributed by atoms with Gasteiger partial charge in [0.2, 0.25) is 0 Å². The summed E-state index contributed by atoms with van der Waals surface area (Å²) in [6.07, 6.45) is 3.21. The SMILES string of the molecule is CC(C)(C)CC[C@@H](Nc1ncnc2ccc(F)cc12)c1nn[nH]n1. The van der Waals surface area contributed by atoms with E-state index in [0.29, 0.717) is 22.5 Å². The fourth-order valence-electron chi connectivity index (χ4n) is 2.47. The molecule has 0 fully saturated rings. The van der Waals surface area contributed by atoms with Gasteiger partial charge in [-0.15, -0.1) is 10.2 Å². The molecule has 0 saturated heterocycles. The molecule has 0 radical (unpaired) electrons. The maximum absolute atomic E-state index is 13.6. The van der Waals surface area contributed by atoms with Gasteiger partial charge in [0.15, 0.2) is 5.82 Å². The third-order valence-corrected chi connectivity index (χ3v) is 3.76. The highest BCUT2D eigenvalue weighted by molar-refractivity contribution is 5.88. The minimum atomic E-state index is -0.328. The van der Waals surface area contributed by atoms with Crippen LogP contribution in [0.4, 0.5) is 10.2 Å². The number of benzene rings is 1. The smallest absolute Gasteiger partial charge is 0.196 e. The fraction of sp³-hybridized carbons (Fsp3) is 0.438. The molecule has 0 aliphatic rings. The summed E-state index contributed by atoms with van der Waals surface area (Å²) < 4.78 is 13.6. The largest absolute Gasteiger partial charge is 0.359 e. The van der Waals surface area contributed by atoms with E-state index in [4.69, 9.17) is 0 Å². The lowest BCUT2D eigenvalue weighted by Crippen LogP contribution is -2.17. The van der Waals surface area contributed by atoms with Crippen LogP contribution < -0.4 is 5.32 Å². The lowest BCUT2D eigenvalue weighted by Gasteiger charge is -2.22. The predicted octanol–water partition coefficient (Wildman–Crippen LogP) is 3.26. The second kappa shape index (κ2) is 6.46. The van der Waals surface area contributed by atoms with E-state index in [1.165, 1.54) is 18.5 Å². The topological polar surface area (TPSA) is 92.3 Å². The van der Waals surface area contributed by atoms with Crippen LogP contribution in [0.1, 0.15) is 45.5 Å². The van der Waals surface area contributed by atoms with Crippen LogP contribution >= 0.6 is 0 Å². The van der Waals surface area contributed by atoms with Crippen LogP contribution in [-0.4, -0.2) is 30.6 Å². The minimum Gasteiger partial charge on any atom is -0.359 e. The first-order chi connectivity index (χ1) is 11.4. The molecular formula is C16H20FN7. The van der Waals surface area contributed by atoms with Crippen LogP contribution in [0.15, 0.2) is 24.5 Å². The number of hydrogen-bond donors (Lipinski definition) is 2.